The molecule has 4 rings (SSSR count). The van der Waals surface area contributed by atoms with Crippen LogP contribution in [0.1, 0.15) is 17.3 Å². The Balaban J connectivity index is 1.32. The first-order chi connectivity index (χ1) is 15.5. The standard InChI is InChI=1S/C22H29ClN6O2S/c1-16-17(2)29(22(32)28(16)12-13-30-3)15-27-10-8-26(9-11-27)14-20-24-21(25-31-20)18-4-6-19(23)7-5-18/h4-7H,8-15H2,1-3H3. The summed E-state index contributed by atoms with van der Waals surface area (Å²) < 4.78 is 16.0. The largest absolute Gasteiger partial charge is 0.383 e. The van der Waals surface area contributed by atoms with Crippen molar-refractivity contribution in [2.45, 2.75) is 33.6 Å². The normalized spacial score (nSPS) is 15.5. The fourth-order valence-corrected chi connectivity index (χ4v) is 4.50. The fourth-order valence-electron chi connectivity index (χ4n) is 3.95. The van der Waals surface area contributed by atoms with E-state index in [4.69, 9.17) is 33.1 Å². The molecule has 1 fully saturated rings. The van der Waals surface area contributed by atoms with Crippen molar-refractivity contribution in [3.8, 4) is 11.4 Å². The van der Waals surface area contributed by atoms with Gasteiger partial charge < -0.3 is 18.4 Å². The van der Waals surface area contributed by atoms with Crippen LogP contribution in [0.2, 0.25) is 5.02 Å². The summed E-state index contributed by atoms with van der Waals surface area (Å²) in [6.07, 6.45) is 0. The molecule has 0 saturated carbocycles. The summed E-state index contributed by atoms with van der Waals surface area (Å²) in [6, 6.07) is 7.45. The van der Waals surface area contributed by atoms with E-state index in [0.29, 0.717) is 29.9 Å². The van der Waals surface area contributed by atoms with Crippen LogP contribution in [0.5, 0.6) is 0 Å². The number of ether oxygens (including phenoxy) is 1. The minimum atomic E-state index is 0.591. The molecule has 10 heteroatoms. The SMILES string of the molecule is COCCn1c(C)c(C)n(CN2CCN(Cc3nc(-c4ccc(Cl)cc4)no3)CC2)c1=S. The zero-order chi connectivity index (χ0) is 22.7. The molecule has 0 spiro atoms. The number of hydrogen-bond donors (Lipinski definition) is 0. The summed E-state index contributed by atoms with van der Waals surface area (Å²) in [6.45, 7) is 11.0. The van der Waals surface area contributed by atoms with Gasteiger partial charge in [0.05, 0.1) is 19.8 Å². The molecule has 172 valence electrons. The molecule has 32 heavy (non-hydrogen) atoms. The molecule has 1 saturated heterocycles. The molecule has 0 atom stereocenters. The smallest absolute Gasteiger partial charge is 0.241 e. The fraction of sp³-hybridized carbons (Fsp3) is 0.500. The van der Waals surface area contributed by atoms with Crippen molar-refractivity contribution in [3.05, 3.63) is 51.3 Å². The molecule has 8 nitrogen and oxygen atoms in total. The van der Waals surface area contributed by atoms with Gasteiger partial charge in [0.25, 0.3) is 0 Å². The Morgan fingerprint density at radius 3 is 2.38 bits per heavy atom. The van der Waals surface area contributed by atoms with Gasteiger partial charge in [-0.3, -0.25) is 9.80 Å². The maximum atomic E-state index is 5.95. The van der Waals surface area contributed by atoms with Crippen molar-refractivity contribution < 1.29 is 9.26 Å². The number of benzene rings is 1. The van der Waals surface area contributed by atoms with Crippen molar-refractivity contribution in [2.75, 3.05) is 39.9 Å². The number of nitrogens with zero attached hydrogens (tertiary/aromatic N) is 6. The second-order valence-electron chi connectivity index (χ2n) is 8.08. The van der Waals surface area contributed by atoms with Crippen molar-refractivity contribution in [1.82, 2.24) is 29.1 Å². The maximum Gasteiger partial charge on any atom is 0.241 e. The Kier molecular flexibility index (Phi) is 7.42. The topological polar surface area (TPSA) is 64.5 Å². The van der Waals surface area contributed by atoms with E-state index in [-0.39, 0.29) is 0 Å². The zero-order valence-corrected chi connectivity index (χ0v) is 20.3. The van der Waals surface area contributed by atoms with Crippen LogP contribution in [-0.4, -0.2) is 69.0 Å². The summed E-state index contributed by atoms with van der Waals surface area (Å²) in [5.41, 5.74) is 3.32. The van der Waals surface area contributed by atoms with Crippen LogP contribution in [0.4, 0.5) is 0 Å². The summed E-state index contributed by atoms with van der Waals surface area (Å²) in [7, 11) is 1.72. The number of piperazine rings is 1. The second-order valence-corrected chi connectivity index (χ2v) is 8.88. The molecule has 3 heterocycles. The highest BCUT2D eigenvalue weighted by atomic mass is 35.5. The van der Waals surface area contributed by atoms with Gasteiger partial charge in [0.15, 0.2) is 4.77 Å². The van der Waals surface area contributed by atoms with E-state index in [9.17, 15) is 0 Å². The van der Waals surface area contributed by atoms with E-state index < -0.39 is 0 Å². The van der Waals surface area contributed by atoms with Crippen LogP contribution in [0.25, 0.3) is 11.4 Å². The Morgan fingerprint density at radius 2 is 1.69 bits per heavy atom. The molecule has 0 N–H and O–H groups in total. The van der Waals surface area contributed by atoms with Gasteiger partial charge in [-0.25, -0.2) is 0 Å². The number of hydrogen-bond acceptors (Lipinski definition) is 7. The van der Waals surface area contributed by atoms with Crippen molar-refractivity contribution in [2.24, 2.45) is 0 Å². The third kappa shape index (κ3) is 5.13. The highest BCUT2D eigenvalue weighted by Gasteiger charge is 2.21. The number of rotatable bonds is 8. The summed E-state index contributed by atoms with van der Waals surface area (Å²) in [5, 5.41) is 4.80. The van der Waals surface area contributed by atoms with Gasteiger partial charge in [0, 0.05) is 61.8 Å². The molecule has 1 aliphatic rings. The van der Waals surface area contributed by atoms with Gasteiger partial charge >= 0.3 is 0 Å². The van der Waals surface area contributed by atoms with Gasteiger partial charge in [-0.1, -0.05) is 16.8 Å². The first-order valence-electron chi connectivity index (χ1n) is 10.7. The first-order valence-corrected chi connectivity index (χ1v) is 11.5. The second kappa shape index (κ2) is 10.3. The van der Waals surface area contributed by atoms with E-state index >= 15 is 0 Å². The molecule has 0 bridgehead atoms. The van der Waals surface area contributed by atoms with Gasteiger partial charge in [0.2, 0.25) is 11.7 Å². The predicted molar refractivity (Wildman–Crippen MR) is 126 cm³/mol. The zero-order valence-electron chi connectivity index (χ0n) is 18.8. The molecule has 0 amide bonds. The van der Waals surface area contributed by atoms with Crippen LogP contribution in [0.15, 0.2) is 28.8 Å². The van der Waals surface area contributed by atoms with Crippen LogP contribution in [-0.2, 0) is 24.5 Å². The van der Waals surface area contributed by atoms with Gasteiger partial charge in [-0.05, 0) is 50.3 Å². The highest BCUT2D eigenvalue weighted by Crippen LogP contribution is 2.20. The van der Waals surface area contributed by atoms with E-state index in [1.54, 1.807) is 7.11 Å². The number of halogens is 1. The van der Waals surface area contributed by atoms with E-state index in [0.717, 1.165) is 49.7 Å². The molecule has 3 aromatic rings. The van der Waals surface area contributed by atoms with E-state index in [2.05, 4.69) is 42.9 Å². The Hall–Kier alpha value is -2.04. The average Bonchev–Trinajstić information content (AvgIpc) is 3.33. The van der Waals surface area contributed by atoms with Crippen molar-refractivity contribution in [3.63, 3.8) is 0 Å². The van der Waals surface area contributed by atoms with E-state index in [1.807, 2.05) is 24.3 Å². The molecule has 0 radical (unpaired) electrons. The Labute approximate surface area is 198 Å². The predicted octanol–water partition coefficient (Wildman–Crippen LogP) is 3.76. The number of methoxy groups -OCH3 is 1. The van der Waals surface area contributed by atoms with Crippen molar-refractivity contribution in [1.29, 1.82) is 0 Å². The summed E-state index contributed by atoms with van der Waals surface area (Å²) in [5.74, 6) is 1.22. The average molecular weight is 477 g/mol. The number of aromatic nitrogens is 4. The Bertz CT molecular complexity index is 1100. The molecule has 0 unspecified atom stereocenters. The minimum absolute atomic E-state index is 0.591. The Morgan fingerprint density at radius 1 is 1.03 bits per heavy atom. The monoisotopic (exact) mass is 476 g/mol. The lowest BCUT2D eigenvalue weighted by Gasteiger charge is -2.34. The summed E-state index contributed by atoms with van der Waals surface area (Å²) in [4.78, 5) is 9.33. The van der Waals surface area contributed by atoms with E-state index in [1.165, 1.54) is 11.4 Å². The van der Waals surface area contributed by atoms with Crippen LogP contribution < -0.4 is 0 Å². The lowest BCUT2D eigenvalue weighted by Crippen LogP contribution is -2.46. The molecule has 2 aromatic heterocycles. The quantitative estimate of drug-likeness (QED) is 0.458. The van der Waals surface area contributed by atoms with Gasteiger partial charge in [0.1, 0.15) is 0 Å². The minimum Gasteiger partial charge on any atom is -0.383 e. The van der Waals surface area contributed by atoms with Gasteiger partial charge in [-0.2, -0.15) is 4.98 Å². The third-order valence-corrected chi connectivity index (χ3v) is 6.74. The van der Waals surface area contributed by atoms with Crippen LogP contribution >= 0.6 is 23.8 Å². The molecule has 1 aromatic carbocycles. The summed E-state index contributed by atoms with van der Waals surface area (Å²) >= 11 is 11.7. The number of imidazole rings is 1. The highest BCUT2D eigenvalue weighted by molar-refractivity contribution is 7.71. The maximum absolute atomic E-state index is 5.95. The lowest BCUT2D eigenvalue weighted by molar-refractivity contribution is 0.0939. The molecule has 0 aliphatic carbocycles. The van der Waals surface area contributed by atoms with Crippen molar-refractivity contribution >= 4 is 23.8 Å². The molecular formula is C22H29ClN6O2S. The van der Waals surface area contributed by atoms with Crippen LogP contribution in [0.3, 0.4) is 0 Å². The molecular weight excluding hydrogens is 448 g/mol. The van der Waals surface area contributed by atoms with Crippen LogP contribution in [0, 0.1) is 18.6 Å². The lowest BCUT2D eigenvalue weighted by atomic mass is 10.2. The third-order valence-electron chi connectivity index (χ3n) is 6.05. The molecule has 1 aliphatic heterocycles. The van der Waals surface area contributed by atoms with Gasteiger partial charge in [-0.15, -0.1) is 0 Å². The first kappa shape index (κ1) is 23.1.